The Balaban J connectivity index is 1.88. The van der Waals surface area contributed by atoms with Gasteiger partial charge in [0.05, 0.1) is 17.2 Å². The minimum absolute atomic E-state index is 0.178. The number of benzene rings is 1. The molecule has 0 fully saturated rings. The van der Waals surface area contributed by atoms with Gasteiger partial charge in [-0.1, -0.05) is 19.1 Å². The predicted molar refractivity (Wildman–Crippen MR) is 99.2 cm³/mol. The SMILES string of the molecule is CCNC(=NCc1ccc(F)c(C)c1)NCCc1csc(CC)n1. The fourth-order valence-corrected chi connectivity index (χ4v) is 3.03. The van der Waals surface area contributed by atoms with Gasteiger partial charge in [0.15, 0.2) is 5.96 Å². The smallest absolute Gasteiger partial charge is 0.191 e. The molecule has 0 radical (unpaired) electrons. The molecule has 0 aliphatic carbocycles. The summed E-state index contributed by atoms with van der Waals surface area (Å²) in [5.41, 5.74) is 2.77. The van der Waals surface area contributed by atoms with Crippen LogP contribution >= 0.6 is 11.3 Å². The summed E-state index contributed by atoms with van der Waals surface area (Å²) in [6, 6.07) is 5.11. The summed E-state index contributed by atoms with van der Waals surface area (Å²) < 4.78 is 13.3. The zero-order valence-electron chi connectivity index (χ0n) is 14.5. The van der Waals surface area contributed by atoms with E-state index in [-0.39, 0.29) is 5.82 Å². The number of halogens is 1. The number of nitrogens with zero attached hydrogens (tertiary/aromatic N) is 2. The molecular formula is C18H25FN4S. The van der Waals surface area contributed by atoms with Gasteiger partial charge in [-0.05, 0) is 37.5 Å². The van der Waals surface area contributed by atoms with Gasteiger partial charge in [0.1, 0.15) is 5.82 Å². The van der Waals surface area contributed by atoms with E-state index < -0.39 is 0 Å². The molecular weight excluding hydrogens is 323 g/mol. The maximum atomic E-state index is 13.3. The second-order valence-electron chi connectivity index (χ2n) is 5.54. The number of aryl methyl sites for hydroxylation is 2. The Bertz CT molecular complexity index is 681. The van der Waals surface area contributed by atoms with Gasteiger partial charge >= 0.3 is 0 Å². The number of thiazole rings is 1. The lowest BCUT2D eigenvalue weighted by atomic mass is 10.1. The first kappa shape index (κ1) is 18.4. The third-order valence-electron chi connectivity index (χ3n) is 3.56. The van der Waals surface area contributed by atoms with Crippen molar-refractivity contribution in [2.75, 3.05) is 13.1 Å². The number of rotatable bonds is 7. The van der Waals surface area contributed by atoms with Crippen LogP contribution in [-0.2, 0) is 19.4 Å². The third kappa shape index (κ3) is 5.60. The molecule has 0 saturated carbocycles. The molecule has 2 aromatic rings. The molecule has 4 nitrogen and oxygen atoms in total. The molecule has 1 heterocycles. The van der Waals surface area contributed by atoms with Crippen molar-refractivity contribution < 1.29 is 4.39 Å². The summed E-state index contributed by atoms with van der Waals surface area (Å²) in [5.74, 6) is 0.591. The molecule has 0 amide bonds. The van der Waals surface area contributed by atoms with Crippen molar-refractivity contribution in [1.82, 2.24) is 15.6 Å². The molecule has 24 heavy (non-hydrogen) atoms. The monoisotopic (exact) mass is 348 g/mol. The van der Waals surface area contributed by atoms with Crippen LogP contribution in [0.5, 0.6) is 0 Å². The second kappa shape index (κ2) is 9.37. The second-order valence-corrected chi connectivity index (χ2v) is 6.48. The fourth-order valence-electron chi connectivity index (χ4n) is 2.25. The first-order valence-corrected chi connectivity index (χ1v) is 9.20. The van der Waals surface area contributed by atoms with E-state index in [0.717, 1.165) is 43.1 Å². The van der Waals surface area contributed by atoms with Gasteiger partial charge in [-0.3, -0.25) is 0 Å². The molecule has 2 N–H and O–H groups in total. The van der Waals surface area contributed by atoms with Gasteiger partial charge in [0.2, 0.25) is 0 Å². The number of guanidine groups is 1. The summed E-state index contributed by atoms with van der Waals surface area (Å²) in [6.07, 6.45) is 1.86. The lowest BCUT2D eigenvalue weighted by Gasteiger charge is -2.11. The standard InChI is InChI=1S/C18H25FN4S/c1-4-17-23-15(12-24-17)8-9-21-18(20-5-2)22-11-14-6-7-16(19)13(3)10-14/h6-7,10,12H,4-5,8-9,11H2,1-3H3,(H2,20,21,22). The van der Waals surface area contributed by atoms with Gasteiger partial charge in [0.25, 0.3) is 0 Å². The minimum Gasteiger partial charge on any atom is -0.357 e. The van der Waals surface area contributed by atoms with Crippen molar-refractivity contribution in [3.8, 4) is 0 Å². The lowest BCUT2D eigenvalue weighted by Crippen LogP contribution is -2.38. The van der Waals surface area contributed by atoms with Crippen molar-refractivity contribution in [2.24, 2.45) is 4.99 Å². The molecule has 0 bridgehead atoms. The molecule has 0 atom stereocenters. The highest BCUT2D eigenvalue weighted by Gasteiger charge is 2.03. The molecule has 130 valence electrons. The van der Waals surface area contributed by atoms with E-state index >= 15 is 0 Å². The average molecular weight is 348 g/mol. The van der Waals surface area contributed by atoms with Crippen LogP contribution in [0, 0.1) is 12.7 Å². The van der Waals surface area contributed by atoms with Crippen LogP contribution in [0.25, 0.3) is 0 Å². The first-order valence-electron chi connectivity index (χ1n) is 8.32. The van der Waals surface area contributed by atoms with Crippen LogP contribution in [0.4, 0.5) is 4.39 Å². The predicted octanol–water partition coefficient (Wildman–Crippen LogP) is 3.45. The number of nitrogens with one attached hydrogen (secondary N) is 2. The normalized spacial score (nSPS) is 11.6. The van der Waals surface area contributed by atoms with E-state index in [9.17, 15) is 4.39 Å². The molecule has 0 spiro atoms. The van der Waals surface area contributed by atoms with E-state index in [2.05, 4.69) is 32.9 Å². The van der Waals surface area contributed by atoms with Crippen LogP contribution in [0.15, 0.2) is 28.6 Å². The molecule has 1 aromatic heterocycles. The average Bonchev–Trinajstić information content (AvgIpc) is 3.03. The van der Waals surface area contributed by atoms with E-state index in [1.54, 1.807) is 24.3 Å². The Labute approximate surface area is 147 Å². The Kier molecular flexibility index (Phi) is 7.18. The number of aromatic nitrogens is 1. The Hall–Kier alpha value is -1.95. The topological polar surface area (TPSA) is 49.3 Å². The lowest BCUT2D eigenvalue weighted by molar-refractivity contribution is 0.617. The Morgan fingerprint density at radius 2 is 2.12 bits per heavy atom. The number of aliphatic imine (C=N–C) groups is 1. The van der Waals surface area contributed by atoms with Crippen LogP contribution in [0.3, 0.4) is 0 Å². The van der Waals surface area contributed by atoms with Crippen LogP contribution in [0.2, 0.25) is 0 Å². The highest BCUT2D eigenvalue weighted by atomic mass is 32.1. The van der Waals surface area contributed by atoms with Crippen molar-refractivity contribution in [3.63, 3.8) is 0 Å². The van der Waals surface area contributed by atoms with Gasteiger partial charge < -0.3 is 10.6 Å². The molecule has 0 aliphatic rings. The van der Waals surface area contributed by atoms with Crippen molar-refractivity contribution >= 4 is 17.3 Å². The molecule has 0 aliphatic heterocycles. The van der Waals surface area contributed by atoms with Gasteiger partial charge in [-0.2, -0.15) is 0 Å². The van der Waals surface area contributed by atoms with Gasteiger partial charge in [0, 0.05) is 24.9 Å². The van der Waals surface area contributed by atoms with Crippen molar-refractivity contribution in [2.45, 2.75) is 40.2 Å². The maximum absolute atomic E-state index is 13.3. The summed E-state index contributed by atoms with van der Waals surface area (Å²) in [7, 11) is 0. The molecule has 2 rings (SSSR count). The van der Waals surface area contributed by atoms with E-state index in [4.69, 9.17) is 0 Å². The molecule has 6 heteroatoms. The summed E-state index contributed by atoms with van der Waals surface area (Å²) in [6.45, 7) is 8.02. The van der Waals surface area contributed by atoms with E-state index in [0.29, 0.717) is 12.1 Å². The number of hydrogen-bond acceptors (Lipinski definition) is 3. The zero-order valence-corrected chi connectivity index (χ0v) is 15.3. The highest BCUT2D eigenvalue weighted by Crippen LogP contribution is 2.11. The van der Waals surface area contributed by atoms with E-state index in [1.807, 2.05) is 13.0 Å². The largest absolute Gasteiger partial charge is 0.357 e. The molecule has 1 aromatic carbocycles. The molecule has 0 saturated heterocycles. The summed E-state index contributed by atoms with van der Waals surface area (Å²) in [4.78, 5) is 9.13. The van der Waals surface area contributed by atoms with Crippen LogP contribution in [0.1, 0.15) is 35.7 Å². The summed E-state index contributed by atoms with van der Waals surface area (Å²) in [5, 5.41) is 9.85. The zero-order chi connectivity index (χ0) is 17.4. The third-order valence-corrected chi connectivity index (χ3v) is 4.60. The Morgan fingerprint density at radius 3 is 2.79 bits per heavy atom. The number of hydrogen-bond donors (Lipinski definition) is 2. The van der Waals surface area contributed by atoms with Crippen molar-refractivity contribution in [1.29, 1.82) is 0 Å². The Morgan fingerprint density at radius 1 is 1.29 bits per heavy atom. The fraction of sp³-hybridized carbons (Fsp3) is 0.444. The summed E-state index contributed by atoms with van der Waals surface area (Å²) >= 11 is 1.71. The van der Waals surface area contributed by atoms with Gasteiger partial charge in [-0.25, -0.2) is 14.4 Å². The quantitative estimate of drug-likeness (QED) is 0.595. The van der Waals surface area contributed by atoms with E-state index in [1.165, 1.54) is 11.1 Å². The molecule has 0 unspecified atom stereocenters. The minimum atomic E-state index is -0.178. The van der Waals surface area contributed by atoms with Gasteiger partial charge in [-0.15, -0.1) is 11.3 Å². The van der Waals surface area contributed by atoms with Crippen LogP contribution < -0.4 is 10.6 Å². The first-order chi connectivity index (χ1) is 11.6. The maximum Gasteiger partial charge on any atom is 0.191 e. The van der Waals surface area contributed by atoms with Crippen molar-refractivity contribution in [3.05, 3.63) is 51.2 Å². The van der Waals surface area contributed by atoms with Crippen LogP contribution in [-0.4, -0.2) is 24.0 Å². The highest BCUT2D eigenvalue weighted by molar-refractivity contribution is 7.09.